The molecule has 1 aliphatic heterocycles. The van der Waals surface area contributed by atoms with Gasteiger partial charge in [0.05, 0.1) is 5.02 Å². The van der Waals surface area contributed by atoms with Gasteiger partial charge >= 0.3 is 6.09 Å². The van der Waals surface area contributed by atoms with Crippen LogP contribution in [0.3, 0.4) is 0 Å². The zero-order chi connectivity index (χ0) is 21.9. The molecule has 3 rings (SSSR count). The first-order chi connectivity index (χ1) is 14.1. The van der Waals surface area contributed by atoms with E-state index in [0.29, 0.717) is 24.5 Å². The largest absolute Gasteiger partial charge is 0.444 e. The van der Waals surface area contributed by atoms with Crippen LogP contribution in [-0.2, 0) is 16.1 Å². The lowest BCUT2D eigenvalue weighted by Crippen LogP contribution is -2.43. The molecule has 0 aliphatic carbocycles. The quantitative estimate of drug-likeness (QED) is 0.574. The Morgan fingerprint density at radius 3 is 2.53 bits per heavy atom. The Bertz CT molecular complexity index is 925. The number of benzene rings is 2. The van der Waals surface area contributed by atoms with Crippen molar-refractivity contribution in [2.75, 3.05) is 6.54 Å². The van der Waals surface area contributed by atoms with Gasteiger partial charge in [0.15, 0.2) is 0 Å². The molecule has 1 heterocycles. The summed E-state index contributed by atoms with van der Waals surface area (Å²) < 4.78 is 6.43. The van der Waals surface area contributed by atoms with Gasteiger partial charge in [0.2, 0.25) is 5.91 Å². The van der Waals surface area contributed by atoms with Crippen LogP contribution in [0.5, 0.6) is 0 Å². The number of nitrogens with one attached hydrogen (secondary N) is 1. The molecule has 0 bridgehead atoms. The van der Waals surface area contributed by atoms with Gasteiger partial charge in [0.25, 0.3) is 0 Å². The molecule has 0 aromatic heterocycles. The van der Waals surface area contributed by atoms with Gasteiger partial charge in [-0.05, 0) is 60.3 Å². The third kappa shape index (κ3) is 5.99. The molecule has 5 nitrogen and oxygen atoms in total. The van der Waals surface area contributed by atoms with Crippen LogP contribution >= 0.6 is 27.5 Å². The zero-order valence-electron chi connectivity index (χ0n) is 17.4. The highest BCUT2D eigenvalue weighted by atomic mass is 79.9. The van der Waals surface area contributed by atoms with Crippen LogP contribution in [0.25, 0.3) is 11.1 Å². The molecule has 7 heteroatoms. The first kappa shape index (κ1) is 22.6. The van der Waals surface area contributed by atoms with Gasteiger partial charge in [0.1, 0.15) is 5.60 Å². The van der Waals surface area contributed by atoms with Crippen LogP contribution in [0.2, 0.25) is 5.02 Å². The molecule has 2 amide bonds. The highest BCUT2D eigenvalue weighted by Gasteiger charge is 2.28. The number of hydrogen-bond donors (Lipinski definition) is 1. The molecule has 0 spiro atoms. The maximum absolute atomic E-state index is 12.8. The minimum atomic E-state index is -0.588. The second-order valence-electron chi connectivity index (χ2n) is 8.46. The molecule has 1 fully saturated rings. The van der Waals surface area contributed by atoms with E-state index in [1.165, 1.54) is 0 Å². The number of carbonyl (C=O) groups is 2. The molecule has 30 heavy (non-hydrogen) atoms. The Balaban J connectivity index is 1.76. The van der Waals surface area contributed by atoms with Crippen molar-refractivity contribution in [3.8, 4) is 11.1 Å². The van der Waals surface area contributed by atoms with Crippen molar-refractivity contribution >= 4 is 39.5 Å². The third-order valence-corrected chi connectivity index (χ3v) is 6.06. The van der Waals surface area contributed by atoms with Gasteiger partial charge in [-0.15, -0.1) is 0 Å². The van der Waals surface area contributed by atoms with Crippen molar-refractivity contribution in [2.24, 2.45) is 0 Å². The molecule has 160 valence electrons. The number of halogens is 2. The molecule has 1 atom stereocenters. The Labute approximate surface area is 190 Å². The summed E-state index contributed by atoms with van der Waals surface area (Å²) in [6, 6.07) is 13.7. The van der Waals surface area contributed by atoms with E-state index in [9.17, 15) is 9.59 Å². The molecule has 1 N–H and O–H groups in total. The van der Waals surface area contributed by atoms with Gasteiger partial charge in [-0.2, -0.15) is 0 Å². The summed E-state index contributed by atoms with van der Waals surface area (Å²) in [5.74, 6) is 0.0272. The predicted molar refractivity (Wildman–Crippen MR) is 122 cm³/mol. The number of nitrogens with zero attached hydrogens (tertiary/aromatic N) is 1. The lowest BCUT2D eigenvalue weighted by Gasteiger charge is -2.29. The summed E-state index contributed by atoms with van der Waals surface area (Å²) >= 11 is 9.87. The summed E-state index contributed by atoms with van der Waals surface area (Å²) in [5, 5.41) is 3.59. The second-order valence-corrected chi connectivity index (χ2v) is 9.69. The van der Waals surface area contributed by atoms with Crippen molar-refractivity contribution in [2.45, 2.75) is 51.8 Å². The van der Waals surface area contributed by atoms with E-state index in [1.807, 2.05) is 63.2 Å². The lowest BCUT2D eigenvalue weighted by molar-refractivity contribution is -0.119. The predicted octanol–water partition coefficient (Wildman–Crippen LogP) is 5.79. The Kier molecular flexibility index (Phi) is 7.09. The lowest BCUT2D eigenvalue weighted by atomic mass is 10.0. The second kappa shape index (κ2) is 9.40. The van der Waals surface area contributed by atoms with Crippen molar-refractivity contribution in [1.29, 1.82) is 0 Å². The zero-order valence-corrected chi connectivity index (χ0v) is 19.7. The van der Waals surface area contributed by atoms with Crippen LogP contribution in [-0.4, -0.2) is 35.1 Å². The van der Waals surface area contributed by atoms with E-state index in [0.717, 1.165) is 27.6 Å². The fraction of sp³-hybridized carbons (Fsp3) is 0.391. The topological polar surface area (TPSA) is 58.6 Å². The molecule has 1 saturated heterocycles. The molecule has 2 aromatic carbocycles. The van der Waals surface area contributed by atoms with Gasteiger partial charge in [-0.1, -0.05) is 48.0 Å². The van der Waals surface area contributed by atoms with E-state index >= 15 is 0 Å². The maximum atomic E-state index is 12.8. The van der Waals surface area contributed by atoms with Crippen LogP contribution in [0.15, 0.2) is 46.9 Å². The minimum Gasteiger partial charge on any atom is -0.444 e. The monoisotopic (exact) mass is 492 g/mol. The van der Waals surface area contributed by atoms with E-state index in [2.05, 4.69) is 21.2 Å². The van der Waals surface area contributed by atoms with Crippen LogP contribution in [0, 0.1) is 0 Å². The molecular formula is C23H26BrClN2O3. The van der Waals surface area contributed by atoms with E-state index < -0.39 is 5.60 Å². The summed E-state index contributed by atoms with van der Waals surface area (Å²) in [7, 11) is 0. The number of rotatable bonds is 5. The third-order valence-electron chi connectivity index (χ3n) is 4.77. The van der Waals surface area contributed by atoms with Gasteiger partial charge in [-0.25, -0.2) is 4.79 Å². The number of hydrogen-bond acceptors (Lipinski definition) is 3. The Morgan fingerprint density at radius 1 is 1.23 bits per heavy atom. The molecule has 0 saturated carbocycles. The fourth-order valence-corrected chi connectivity index (χ4v) is 3.95. The summed E-state index contributed by atoms with van der Waals surface area (Å²) in [6.07, 6.45) is 0.829. The average Bonchev–Trinajstić information content (AvgIpc) is 3.08. The standard InChI is InChI=1S/C23H26BrClN2O3/c1-23(2,3)30-22(29)27(14-17-11-12-20(28)26-17)13-15-7-9-16(10-8-15)18-5-4-6-19(24)21(18)25/h4-10,17H,11-14H2,1-3H3,(H,26,28)/t17-/m1/s1. The average molecular weight is 494 g/mol. The smallest absolute Gasteiger partial charge is 0.410 e. The fourth-order valence-electron chi connectivity index (χ4n) is 3.35. The van der Waals surface area contributed by atoms with Crippen LogP contribution in [0.4, 0.5) is 4.79 Å². The summed E-state index contributed by atoms with van der Waals surface area (Å²) in [5.41, 5.74) is 2.32. The molecule has 0 unspecified atom stereocenters. The molecule has 2 aromatic rings. The number of amides is 2. The van der Waals surface area contributed by atoms with Gasteiger partial charge in [-0.3, -0.25) is 4.79 Å². The van der Waals surface area contributed by atoms with Crippen molar-refractivity contribution in [3.05, 3.63) is 57.5 Å². The van der Waals surface area contributed by atoms with E-state index in [1.54, 1.807) is 4.90 Å². The number of ether oxygens (including phenoxy) is 1. The van der Waals surface area contributed by atoms with E-state index in [-0.39, 0.29) is 18.0 Å². The highest BCUT2D eigenvalue weighted by molar-refractivity contribution is 9.10. The number of carbonyl (C=O) groups excluding carboxylic acids is 2. The van der Waals surface area contributed by atoms with Crippen molar-refractivity contribution < 1.29 is 14.3 Å². The summed E-state index contributed by atoms with van der Waals surface area (Å²) in [4.78, 5) is 26.0. The molecule has 0 radical (unpaired) electrons. The Hall–Kier alpha value is -2.05. The van der Waals surface area contributed by atoms with Gasteiger partial charge < -0.3 is 15.0 Å². The van der Waals surface area contributed by atoms with Crippen molar-refractivity contribution in [3.63, 3.8) is 0 Å². The first-order valence-corrected chi connectivity index (χ1v) is 11.1. The minimum absolute atomic E-state index is 0.0272. The van der Waals surface area contributed by atoms with Gasteiger partial charge in [0, 0.05) is 35.6 Å². The first-order valence-electron chi connectivity index (χ1n) is 9.93. The summed E-state index contributed by atoms with van der Waals surface area (Å²) in [6.45, 7) is 6.35. The van der Waals surface area contributed by atoms with E-state index in [4.69, 9.17) is 16.3 Å². The van der Waals surface area contributed by atoms with Crippen LogP contribution in [0.1, 0.15) is 39.2 Å². The van der Waals surface area contributed by atoms with Crippen molar-refractivity contribution in [1.82, 2.24) is 10.2 Å². The normalized spacial score (nSPS) is 16.3. The maximum Gasteiger partial charge on any atom is 0.410 e. The SMILES string of the molecule is CC(C)(C)OC(=O)N(Cc1ccc(-c2cccc(Br)c2Cl)cc1)C[C@H]1CCC(=O)N1. The molecule has 1 aliphatic rings. The van der Waals surface area contributed by atoms with Crippen LogP contribution < -0.4 is 5.32 Å². The Morgan fingerprint density at radius 2 is 1.93 bits per heavy atom. The molecular weight excluding hydrogens is 468 g/mol. The highest BCUT2D eigenvalue weighted by Crippen LogP contribution is 2.33.